The number of aliphatic hydroxyl groups excluding tert-OH is 1. The predicted molar refractivity (Wildman–Crippen MR) is 117 cm³/mol. The second-order valence-corrected chi connectivity index (χ2v) is 10.6. The van der Waals surface area contributed by atoms with E-state index in [-0.39, 0.29) is 18.1 Å². The van der Waals surface area contributed by atoms with E-state index in [4.69, 9.17) is 4.74 Å². The summed E-state index contributed by atoms with van der Waals surface area (Å²) in [5, 5.41) is 11.4. The minimum atomic E-state index is -3.26. The number of nitrogens with zero attached hydrogens (tertiary/aromatic N) is 3. The van der Waals surface area contributed by atoms with Gasteiger partial charge in [-0.15, -0.1) is 0 Å². The number of nitrogens with one attached hydrogen (secondary N) is 1. The quantitative estimate of drug-likeness (QED) is 0.623. The maximum absolute atomic E-state index is 12.2. The Labute approximate surface area is 181 Å². The number of benzene rings is 1. The maximum Gasteiger partial charge on any atom is 0.211 e. The Morgan fingerprint density at radius 1 is 1.23 bits per heavy atom. The van der Waals surface area contributed by atoms with Gasteiger partial charge in [-0.05, 0) is 35.4 Å². The number of fused-ring (bicyclic) bond motifs is 4. The molecule has 31 heavy (non-hydrogen) atoms. The summed E-state index contributed by atoms with van der Waals surface area (Å²) >= 11 is 0. The van der Waals surface area contributed by atoms with Gasteiger partial charge >= 0.3 is 0 Å². The molecule has 1 fully saturated rings. The van der Waals surface area contributed by atoms with Gasteiger partial charge in [0.15, 0.2) is 0 Å². The standard InChI is InChI=1S/C22H26N4O4S/c1-30-16-3-4-17-18(9-16)24-21-19(11-27)25(10-15-5-7-23-8-6-15)12-22(20(17)21)13-26(14-22)31(2,28)29/h3-9,19,24,27H,10-14H2,1-2H3/t19-/m0/s1. The van der Waals surface area contributed by atoms with E-state index in [0.717, 1.165) is 33.5 Å². The molecular weight excluding hydrogens is 416 g/mol. The number of hydrogen-bond acceptors (Lipinski definition) is 6. The van der Waals surface area contributed by atoms with Gasteiger partial charge in [0.1, 0.15) is 5.75 Å². The van der Waals surface area contributed by atoms with Crippen LogP contribution in [0.1, 0.15) is 22.9 Å². The third-order valence-electron chi connectivity index (χ3n) is 6.58. The second-order valence-electron chi connectivity index (χ2n) is 8.60. The van der Waals surface area contributed by atoms with Crippen LogP contribution in [0.2, 0.25) is 0 Å². The fraction of sp³-hybridized carbons (Fsp3) is 0.409. The molecule has 0 amide bonds. The molecule has 9 heteroatoms. The number of hydrogen-bond donors (Lipinski definition) is 2. The molecule has 4 heterocycles. The molecule has 2 aliphatic heterocycles. The number of rotatable bonds is 5. The van der Waals surface area contributed by atoms with Crippen LogP contribution in [0, 0.1) is 0 Å². The van der Waals surface area contributed by atoms with Crippen molar-refractivity contribution in [2.45, 2.75) is 18.0 Å². The number of aromatic amines is 1. The molecule has 0 unspecified atom stereocenters. The molecule has 164 valence electrons. The van der Waals surface area contributed by atoms with Crippen LogP contribution >= 0.6 is 0 Å². The average Bonchev–Trinajstić information content (AvgIpc) is 3.10. The Hall–Kier alpha value is -2.46. The lowest BCUT2D eigenvalue weighted by molar-refractivity contribution is 0.0260. The van der Waals surface area contributed by atoms with Gasteiger partial charge in [-0.25, -0.2) is 12.7 Å². The highest BCUT2D eigenvalue weighted by molar-refractivity contribution is 7.88. The highest BCUT2D eigenvalue weighted by Crippen LogP contribution is 2.49. The molecule has 1 atom stereocenters. The van der Waals surface area contributed by atoms with Crippen LogP contribution in [0.15, 0.2) is 42.7 Å². The Morgan fingerprint density at radius 2 is 1.97 bits per heavy atom. The SMILES string of the molecule is COc1ccc2c3c([nH]c2c1)[C@H](CO)N(Cc1ccncc1)CC31CN(S(C)(=O)=O)C1. The summed E-state index contributed by atoms with van der Waals surface area (Å²) in [4.78, 5) is 9.85. The number of sulfonamides is 1. The zero-order chi connectivity index (χ0) is 21.8. The molecule has 2 aromatic heterocycles. The second kappa shape index (κ2) is 7.30. The zero-order valence-corrected chi connectivity index (χ0v) is 18.4. The van der Waals surface area contributed by atoms with Crippen molar-refractivity contribution in [3.05, 3.63) is 59.5 Å². The number of aromatic nitrogens is 2. The lowest BCUT2D eigenvalue weighted by Crippen LogP contribution is -2.67. The van der Waals surface area contributed by atoms with Gasteiger partial charge in [0.25, 0.3) is 0 Å². The van der Waals surface area contributed by atoms with Gasteiger partial charge in [-0.1, -0.05) is 0 Å². The molecule has 1 aromatic carbocycles. The van der Waals surface area contributed by atoms with Gasteiger partial charge < -0.3 is 14.8 Å². The van der Waals surface area contributed by atoms with Crippen molar-refractivity contribution in [3.63, 3.8) is 0 Å². The first-order chi connectivity index (χ1) is 14.8. The lowest BCUT2D eigenvalue weighted by atomic mass is 9.70. The molecule has 0 aliphatic carbocycles. The highest BCUT2D eigenvalue weighted by Gasteiger charge is 2.54. The third-order valence-corrected chi connectivity index (χ3v) is 7.78. The molecule has 5 rings (SSSR count). The molecule has 1 spiro atoms. The molecule has 3 aromatic rings. The molecule has 0 bridgehead atoms. The predicted octanol–water partition coefficient (Wildman–Crippen LogP) is 1.63. The van der Waals surface area contributed by atoms with Crippen molar-refractivity contribution in [3.8, 4) is 5.75 Å². The van der Waals surface area contributed by atoms with E-state index in [1.807, 2.05) is 30.3 Å². The van der Waals surface area contributed by atoms with Gasteiger partial charge in [0, 0.05) is 66.7 Å². The third kappa shape index (κ3) is 3.32. The van der Waals surface area contributed by atoms with Crippen molar-refractivity contribution in [2.75, 3.05) is 39.6 Å². The summed E-state index contributed by atoms with van der Waals surface area (Å²) in [6, 6.07) is 9.64. The topological polar surface area (TPSA) is 98.8 Å². The lowest BCUT2D eigenvalue weighted by Gasteiger charge is -2.55. The van der Waals surface area contributed by atoms with Gasteiger partial charge in [0.05, 0.1) is 26.0 Å². The van der Waals surface area contributed by atoms with Gasteiger partial charge in [-0.3, -0.25) is 9.88 Å². The van der Waals surface area contributed by atoms with Crippen LogP contribution in [-0.4, -0.2) is 72.3 Å². The molecule has 0 radical (unpaired) electrons. The van der Waals surface area contributed by atoms with E-state index in [0.29, 0.717) is 26.2 Å². The van der Waals surface area contributed by atoms with E-state index in [2.05, 4.69) is 14.9 Å². The Balaban J connectivity index is 1.63. The van der Waals surface area contributed by atoms with E-state index in [1.165, 1.54) is 10.6 Å². The van der Waals surface area contributed by atoms with E-state index in [1.54, 1.807) is 19.5 Å². The molecular formula is C22H26N4O4S. The molecule has 0 saturated carbocycles. The van der Waals surface area contributed by atoms with Crippen LogP contribution in [0.3, 0.4) is 0 Å². The summed E-state index contributed by atoms with van der Waals surface area (Å²) in [6.45, 7) is 2.14. The first kappa shape index (κ1) is 20.4. The number of pyridine rings is 1. The summed E-state index contributed by atoms with van der Waals surface area (Å²) in [5.74, 6) is 0.751. The minimum Gasteiger partial charge on any atom is -0.497 e. The first-order valence-corrected chi connectivity index (χ1v) is 12.1. The van der Waals surface area contributed by atoms with Crippen LogP contribution in [0.5, 0.6) is 5.75 Å². The fourth-order valence-electron chi connectivity index (χ4n) is 5.12. The molecule has 8 nitrogen and oxygen atoms in total. The maximum atomic E-state index is 12.2. The number of ether oxygens (including phenoxy) is 1. The van der Waals surface area contributed by atoms with E-state index in [9.17, 15) is 13.5 Å². The summed E-state index contributed by atoms with van der Waals surface area (Å²) < 4.78 is 31.3. The van der Waals surface area contributed by atoms with Crippen LogP contribution in [0.4, 0.5) is 0 Å². The van der Waals surface area contributed by atoms with E-state index >= 15 is 0 Å². The van der Waals surface area contributed by atoms with Gasteiger partial charge in [-0.2, -0.15) is 0 Å². The fourth-order valence-corrected chi connectivity index (χ4v) is 6.09. The van der Waals surface area contributed by atoms with Crippen LogP contribution in [0.25, 0.3) is 10.9 Å². The van der Waals surface area contributed by atoms with Crippen molar-refractivity contribution < 1.29 is 18.3 Å². The van der Waals surface area contributed by atoms with Crippen LogP contribution in [-0.2, 0) is 22.0 Å². The van der Waals surface area contributed by atoms with Crippen molar-refractivity contribution >= 4 is 20.9 Å². The van der Waals surface area contributed by atoms with Gasteiger partial charge in [0.2, 0.25) is 10.0 Å². The van der Waals surface area contributed by atoms with Crippen molar-refractivity contribution in [1.82, 2.24) is 19.2 Å². The smallest absolute Gasteiger partial charge is 0.211 e. The summed E-state index contributed by atoms with van der Waals surface area (Å²) in [5.41, 5.74) is 3.79. The number of aliphatic hydroxyl groups is 1. The zero-order valence-electron chi connectivity index (χ0n) is 17.6. The highest BCUT2D eigenvalue weighted by atomic mass is 32.2. The van der Waals surface area contributed by atoms with Crippen molar-refractivity contribution in [2.24, 2.45) is 0 Å². The number of H-pyrrole nitrogens is 1. The summed E-state index contributed by atoms with van der Waals surface area (Å²) in [6.07, 6.45) is 4.78. The number of methoxy groups -OCH3 is 1. The monoisotopic (exact) mass is 442 g/mol. The van der Waals surface area contributed by atoms with Crippen LogP contribution < -0.4 is 4.74 Å². The van der Waals surface area contributed by atoms with Crippen molar-refractivity contribution in [1.29, 1.82) is 0 Å². The largest absolute Gasteiger partial charge is 0.497 e. The van der Waals surface area contributed by atoms with E-state index < -0.39 is 10.0 Å². The molecule has 2 aliphatic rings. The summed E-state index contributed by atoms with van der Waals surface area (Å²) in [7, 11) is -1.63. The molecule has 2 N–H and O–H groups in total. The Kier molecular flexibility index (Phi) is 4.82. The Morgan fingerprint density at radius 3 is 2.61 bits per heavy atom. The normalized spacial score (nSPS) is 21.2. The molecule has 1 saturated heterocycles. The minimum absolute atomic E-state index is 0.0338. The Bertz CT molecular complexity index is 1220. The average molecular weight is 443 g/mol. The first-order valence-electron chi connectivity index (χ1n) is 10.2.